The van der Waals surface area contributed by atoms with Crippen LogP contribution in [-0.2, 0) is 4.79 Å². The normalized spacial score (nSPS) is 31.9. The van der Waals surface area contributed by atoms with E-state index in [0.29, 0.717) is 17.6 Å². The molecule has 0 radical (unpaired) electrons. The first kappa shape index (κ1) is 8.51. The van der Waals surface area contributed by atoms with Crippen LogP contribution in [0.1, 0.15) is 32.6 Å². The fourth-order valence-electron chi connectivity index (χ4n) is 1.75. The molecule has 0 aliphatic heterocycles. The molecular weight excluding hydrogens is 136 g/mol. The standard InChI is InChI=1S/C10H16O/c1-3-4-9-7-10(11)6-5-8(9)2/h3,8-9H,1,4-7H2,2H3/t8-,9+/m0/s1. The van der Waals surface area contributed by atoms with Gasteiger partial charge in [-0.2, -0.15) is 0 Å². The zero-order valence-electron chi connectivity index (χ0n) is 7.18. The van der Waals surface area contributed by atoms with Crippen molar-refractivity contribution in [2.24, 2.45) is 11.8 Å². The van der Waals surface area contributed by atoms with Crippen LogP contribution in [-0.4, -0.2) is 5.78 Å². The number of rotatable bonds is 2. The van der Waals surface area contributed by atoms with Crippen LogP contribution < -0.4 is 0 Å². The summed E-state index contributed by atoms with van der Waals surface area (Å²) in [6, 6.07) is 0. The summed E-state index contributed by atoms with van der Waals surface area (Å²) in [6.45, 7) is 5.94. The smallest absolute Gasteiger partial charge is 0.133 e. The van der Waals surface area contributed by atoms with Crippen LogP contribution in [0.5, 0.6) is 0 Å². The number of Topliss-reactive ketones (excluding diaryl/α,β-unsaturated/α-hetero) is 1. The molecule has 0 heterocycles. The molecule has 1 fully saturated rings. The predicted octanol–water partition coefficient (Wildman–Crippen LogP) is 2.57. The van der Waals surface area contributed by atoms with E-state index in [9.17, 15) is 4.79 Å². The summed E-state index contributed by atoms with van der Waals surface area (Å²) in [5, 5.41) is 0. The van der Waals surface area contributed by atoms with Gasteiger partial charge in [-0.3, -0.25) is 4.79 Å². The molecule has 0 spiro atoms. The van der Waals surface area contributed by atoms with Crippen molar-refractivity contribution in [1.82, 2.24) is 0 Å². The molecule has 1 aliphatic rings. The topological polar surface area (TPSA) is 17.1 Å². The van der Waals surface area contributed by atoms with E-state index in [2.05, 4.69) is 13.5 Å². The third kappa shape index (κ3) is 2.18. The Hall–Kier alpha value is -0.590. The first-order valence-corrected chi connectivity index (χ1v) is 4.36. The molecule has 1 aliphatic carbocycles. The fourth-order valence-corrected chi connectivity index (χ4v) is 1.75. The molecule has 0 bridgehead atoms. The molecule has 1 rings (SSSR count). The van der Waals surface area contributed by atoms with Gasteiger partial charge in [-0.15, -0.1) is 6.58 Å². The van der Waals surface area contributed by atoms with Gasteiger partial charge in [0.2, 0.25) is 0 Å². The van der Waals surface area contributed by atoms with Crippen LogP contribution in [0.3, 0.4) is 0 Å². The van der Waals surface area contributed by atoms with Crippen LogP contribution in [0.2, 0.25) is 0 Å². The summed E-state index contributed by atoms with van der Waals surface area (Å²) in [5.74, 6) is 1.73. The summed E-state index contributed by atoms with van der Waals surface area (Å²) in [5.41, 5.74) is 0. The number of ketones is 1. The van der Waals surface area contributed by atoms with Gasteiger partial charge in [0.25, 0.3) is 0 Å². The molecule has 0 aromatic carbocycles. The van der Waals surface area contributed by atoms with E-state index in [1.807, 2.05) is 6.08 Å². The van der Waals surface area contributed by atoms with E-state index in [1.54, 1.807) is 0 Å². The van der Waals surface area contributed by atoms with Crippen molar-refractivity contribution in [2.45, 2.75) is 32.6 Å². The Bertz CT molecular complexity index is 160. The minimum atomic E-state index is 0.440. The van der Waals surface area contributed by atoms with Gasteiger partial charge in [0, 0.05) is 12.8 Å². The summed E-state index contributed by atoms with van der Waals surface area (Å²) in [7, 11) is 0. The molecule has 0 saturated heterocycles. The van der Waals surface area contributed by atoms with Gasteiger partial charge in [-0.05, 0) is 24.7 Å². The second-order valence-corrected chi connectivity index (χ2v) is 3.54. The zero-order valence-corrected chi connectivity index (χ0v) is 7.18. The Morgan fingerprint density at radius 2 is 2.45 bits per heavy atom. The maximum Gasteiger partial charge on any atom is 0.133 e. The van der Waals surface area contributed by atoms with E-state index in [-0.39, 0.29) is 0 Å². The zero-order chi connectivity index (χ0) is 8.27. The third-order valence-electron chi connectivity index (χ3n) is 2.64. The van der Waals surface area contributed by atoms with E-state index in [0.717, 1.165) is 25.7 Å². The average Bonchev–Trinajstić information content (AvgIpc) is 1.98. The Kier molecular flexibility index (Phi) is 2.86. The van der Waals surface area contributed by atoms with Crippen LogP contribution in [0.4, 0.5) is 0 Å². The fraction of sp³-hybridized carbons (Fsp3) is 0.700. The highest BCUT2D eigenvalue weighted by atomic mass is 16.1. The maximum absolute atomic E-state index is 11.1. The average molecular weight is 152 g/mol. The van der Waals surface area contributed by atoms with Crippen molar-refractivity contribution in [3.8, 4) is 0 Å². The molecule has 0 N–H and O–H groups in total. The first-order chi connectivity index (χ1) is 5.24. The Balaban J connectivity index is 2.46. The second-order valence-electron chi connectivity index (χ2n) is 3.54. The SMILES string of the molecule is C=CC[C@@H]1CC(=O)CC[C@@H]1C. The first-order valence-electron chi connectivity index (χ1n) is 4.36. The number of allylic oxidation sites excluding steroid dienone is 1. The molecule has 1 nitrogen and oxygen atoms in total. The molecule has 0 aromatic heterocycles. The monoisotopic (exact) mass is 152 g/mol. The van der Waals surface area contributed by atoms with Gasteiger partial charge < -0.3 is 0 Å². The predicted molar refractivity (Wildman–Crippen MR) is 46.3 cm³/mol. The lowest BCUT2D eigenvalue weighted by atomic mass is 9.78. The van der Waals surface area contributed by atoms with Crippen molar-refractivity contribution in [2.75, 3.05) is 0 Å². The highest BCUT2D eigenvalue weighted by Crippen LogP contribution is 2.29. The highest BCUT2D eigenvalue weighted by molar-refractivity contribution is 5.79. The number of hydrogen-bond donors (Lipinski definition) is 0. The van der Waals surface area contributed by atoms with Crippen molar-refractivity contribution < 1.29 is 4.79 Å². The molecular formula is C10H16O. The van der Waals surface area contributed by atoms with E-state index < -0.39 is 0 Å². The van der Waals surface area contributed by atoms with Crippen molar-refractivity contribution in [1.29, 1.82) is 0 Å². The van der Waals surface area contributed by atoms with Gasteiger partial charge in [-0.25, -0.2) is 0 Å². The number of hydrogen-bond acceptors (Lipinski definition) is 1. The summed E-state index contributed by atoms with van der Waals surface area (Å²) < 4.78 is 0. The Morgan fingerprint density at radius 1 is 1.73 bits per heavy atom. The Morgan fingerprint density at radius 3 is 3.09 bits per heavy atom. The van der Waals surface area contributed by atoms with Gasteiger partial charge in [0.1, 0.15) is 5.78 Å². The largest absolute Gasteiger partial charge is 0.300 e. The summed E-state index contributed by atoms with van der Waals surface area (Å²) in [4.78, 5) is 11.1. The van der Waals surface area contributed by atoms with E-state index in [1.165, 1.54) is 0 Å². The quantitative estimate of drug-likeness (QED) is 0.556. The molecule has 0 unspecified atom stereocenters. The van der Waals surface area contributed by atoms with E-state index >= 15 is 0 Å². The number of carbonyl (C=O) groups is 1. The lowest BCUT2D eigenvalue weighted by Gasteiger charge is -2.26. The Labute approximate surface area is 68.5 Å². The van der Waals surface area contributed by atoms with Crippen LogP contribution in [0.15, 0.2) is 12.7 Å². The minimum absolute atomic E-state index is 0.440. The molecule has 0 aromatic rings. The summed E-state index contributed by atoms with van der Waals surface area (Å²) in [6.07, 6.45) is 5.60. The second kappa shape index (κ2) is 3.70. The molecule has 1 heteroatoms. The van der Waals surface area contributed by atoms with E-state index in [4.69, 9.17) is 0 Å². The van der Waals surface area contributed by atoms with Gasteiger partial charge in [-0.1, -0.05) is 13.0 Å². The van der Waals surface area contributed by atoms with Gasteiger partial charge >= 0.3 is 0 Å². The van der Waals surface area contributed by atoms with Crippen molar-refractivity contribution >= 4 is 5.78 Å². The molecule has 2 atom stereocenters. The third-order valence-corrected chi connectivity index (χ3v) is 2.64. The molecule has 62 valence electrons. The lowest BCUT2D eigenvalue weighted by molar-refractivity contribution is -0.122. The van der Waals surface area contributed by atoms with Crippen LogP contribution in [0, 0.1) is 11.8 Å². The molecule has 0 amide bonds. The van der Waals surface area contributed by atoms with Crippen LogP contribution >= 0.6 is 0 Å². The summed E-state index contributed by atoms with van der Waals surface area (Å²) >= 11 is 0. The molecule has 1 saturated carbocycles. The molecule has 11 heavy (non-hydrogen) atoms. The van der Waals surface area contributed by atoms with Gasteiger partial charge in [0.05, 0.1) is 0 Å². The highest BCUT2D eigenvalue weighted by Gasteiger charge is 2.24. The van der Waals surface area contributed by atoms with Crippen molar-refractivity contribution in [3.63, 3.8) is 0 Å². The van der Waals surface area contributed by atoms with Gasteiger partial charge in [0.15, 0.2) is 0 Å². The lowest BCUT2D eigenvalue weighted by Crippen LogP contribution is -2.22. The number of carbonyl (C=O) groups excluding carboxylic acids is 1. The van der Waals surface area contributed by atoms with Crippen molar-refractivity contribution in [3.05, 3.63) is 12.7 Å². The minimum Gasteiger partial charge on any atom is -0.300 e. The van der Waals surface area contributed by atoms with Crippen LogP contribution in [0.25, 0.3) is 0 Å². The maximum atomic E-state index is 11.1.